The predicted molar refractivity (Wildman–Crippen MR) is 254 cm³/mol. The van der Waals surface area contributed by atoms with E-state index in [-0.39, 0.29) is 5.41 Å². The van der Waals surface area contributed by atoms with Crippen molar-refractivity contribution >= 4 is 87.4 Å². The number of fused-ring (bicyclic) bond motifs is 15. The van der Waals surface area contributed by atoms with Crippen LogP contribution in [0.25, 0.3) is 127 Å². The van der Waals surface area contributed by atoms with E-state index in [1.807, 2.05) is 18.2 Å². The number of nitrogens with zero attached hydrogens (tertiary/aromatic N) is 3. The highest BCUT2D eigenvalue weighted by Gasteiger charge is 2.36. The summed E-state index contributed by atoms with van der Waals surface area (Å²) in [6.07, 6.45) is 0. The molecule has 0 spiro atoms. The smallest absolute Gasteiger partial charge is 0.180 e. The van der Waals surface area contributed by atoms with Gasteiger partial charge in [0.1, 0.15) is 22.4 Å². The molecule has 0 atom stereocenters. The first kappa shape index (κ1) is 33.8. The lowest BCUT2D eigenvalue weighted by molar-refractivity contribution is 0.661. The Kier molecular flexibility index (Phi) is 6.57. The van der Waals surface area contributed by atoms with Crippen LogP contribution in [0.2, 0.25) is 0 Å². The Morgan fingerprint density at radius 1 is 0.435 bits per heavy atom. The largest absolute Gasteiger partial charge is 0.453 e. The van der Waals surface area contributed by atoms with E-state index in [9.17, 15) is 0 Å². The van der Waals surface area contributed by atoms with E-state index in [0.717, 1.165) is 82.6 Å². The minimum Gasteiger partial charge on any atom is -0.453 e. The highest BCUT2D eigenvalue weighted by molar-refractivity contribution is 6.21. The first-order valence-corrected chi connectivity index (χ1v) is 21.2. The summed E-state index contributed by atoms with van der Waals surface area (Å²) in [5, 5.41) is 9.80. The molecule has 0 unspecified atom stereocenters. The van der Waals surface area contributed by atoms with Gasteiger partial charge in [-0.3, -0.25) is 0 Å². The van der Waals surface area contributed by atoms with Crippen molar-refractivity contribution in [3.05, 3.63) is 187 Å². The molecule has 5 heteroatoms. The van der Waals surface area contributed by atoms with Gasteiger partial charge in [0.2, 0.25) is 0 Å². The van der Waals surface area contributed by atoms with Gasteiger partial charge >= 0.3 is 0 Å². The predicted octanol–water partition coefficient (Wildman–Crippen LogP) is 15.3. The summed E-state index contributed by atoms with van der Waals surface area (Å²) in [4.78, 5) is 10.8. The number of rotatable bonds is 3. The zero-order valence-corrected chi connectivity index (χ0v) is 33.9. The SMILES string of the molecule is CC1(C)c2ccccc2-c2cc3c4ccccc4n(-c4cccc5c4oc4c6ccccc6c(-c6nc(-c7ccc8ccccc8c7)c7oc8ccccc8c7n6)cc54)c3cc21. The fourth-order valence-corrected chi connectivity index (χ4v) is 10.6. The average molecular weight is 794 g/mol. The van der Waals surface area contributed by atoms with Crippen molar-refractivity contribution in [2.75, 3.05) is 0 Å². The minimum absolute atomic E-state index is 0.135. The van der Waals surface area contributed by atoms with Crippen LogP contribution in [0, 0.1) is 0 Å². The first-order chi connectivity index (χ1) is 30.5. The Balaban J connectivity index is 1.04. The highest BCUT2D eigenvalue weighted by Crippen LogP contribution is 2.51. The summed E-state index contributed by atoms with van der Waals surface area (Å²) in [5.74, 6) is 0.635. The summed E-state index contributed by atoms with van der Waals surface area (Å²) in [6.45, 7) is 4.70. The molecular weight excluding hydrogens is 759 g/mol. The van der Waals surface area contributed by atoms with Crippen molar-refractivity contribution in [3.63, 3.8) is 0 Å². The Labute approximate surface area is 355 Å². The van der Waals surface area contributed by atoms with E-state index in [2.05, 4.69) is 176 Å². The summed E-state index contributed by atoms with van der Waals surface area (Å²) >= 11 is 0. The summed E-state index contributed by atoms with van der Waals surface area (Å²) in [6, 6.07) is 62.8. The Morgan fingerprint density at radius 2 is 1.15 bits per heavy atom. The molecule has 0 saturated carbocycles. The molecule has 0 aliphatic heterocycles. The van der Waals surface area contributed by atoms with Crippen molar-refractivity contribution in [1.82, 2.24) is 14.5 Å². The molecule has 0 amide bonds. The maximum absolute atomic E-state index is 7.17. The monoisotopic (exact) mass is 793 g/mol. The number of aromatic nitrogens is 3. The summed E-state index contributed by atoms with van der Waals surface area (Å²) < 4.78 is 16.1. The third-order valence-electron chi connectivity index (χ3n) is 13.6. The molecule has 4 aromatic heterocycles. The normalized spacial score (nSPS) is 13.5. The van der Waals surface area contributed by atoms with Crippen LogP contribution in [0.5, 0.6) is 0 Å². The summed E-state index contributed by atoms with van der Waals surface area (Å²) in [7, 11) is 0. The van der Waals surface area contributed by atoms with Crippen LogP contribution < -0.4 is 0 Å². The molecule has 4 heterocycles. The van der Waals surface area contributed by atoms with Crippen LogP contribution in [0.1, 0.15) is 25.0 Å². The van der Waals surface area contributed by atoms with Crippen molar-refractivity contribution in [3.8, 4) is 39.5 Å². The molecule has 13 aromatic rings. The topological polar surface area (TPSA) is 57.0 Å². The van der Waals surface area contributed by atoms with Crippen LogP contribution in [0.3, 0.4) is 0 Å². The number of para-hydroxylation sites is 3. The van der Waals surface area contributed by atoms with Gasteiger partial charge in [-0.15, -0.1) is 0 Å². The molecule has 62 heavy (non-hydrogen) atoms. The van der Waals surface area contributed by atoms with E-state index in [4.69, 9.17) is 18.8 Å². The van der Waals surface area contributed by atoms with Gasteiger partial charge in [-0.25, -0.2) is 9.97 Å². The van der Waals surface area contributed by atoms with Gasteiger partial charge in [0.25, 0.3) is 0 Å². The molecule has 14 rings (SSSR count). The Bertz CT molecular complexity index is 4090. The van der Waals surface area contributed by atoms with Crippen LogP contribution >= 0.6 is 0 Å². The van der Waals surface area contributed by atoms with Gasteiger partial charge in [-0.05, 0) is 86.9 Å². The van der Waals surface area contributed by atoms with Crippen LogP contribution in [-0.2, 0) is 5.41 Å². The molecule has 290 valence electrons. The second-order valence-corrected chi connectivity index (χ2v) is 17.3. The molecule has 0 saturated heterocycles. The van der Waals surface area contributed by atoms with E-state index in [0.29, 0.717) is 11.4 Å². The van der Waals surface area contributed by atoms with E-state index in [1.54, 1.807) is 0 Å². The zero-order chi connectivity index (χ0) is 40.8. The van der Waals surface area contributed by atoms with Gasteiger partial charge in [0, 0.05) is 48.9 Å². The quantitative estimate of drug-likeness (QED) is 0.179. The van der Waals surface area contributed by atoms with Gasteiger partial charge in [-0.2, -0.15) is 0 Å². The molecule has 0 radical (unpaired) electrons. The molecule has 1 aliphatic rings. The molecule has 1 aliphatic carbocycles. The average Bonchev–Trinajstić information content (AvgIpc) is 4.04. The maximum atomic E-state index is 7.17. The number of furan rings is 2. The minimum atomic E-state index is -0.135. The molecule has 0 N–H and O–H groups in total. The van der Waals surface area contributed by atoms with Crippen molar-refractivity contribution < 1.29 is 8.83 Å². The number of hydrogen-bond acceptors (Lipinski definition) is 4. The number of benzene rings is 9. The van der Waals surface area contributed by atoms with Gasteiger partial charge in [0.15, 0.2) is 17.0 Å². The third kappa shape index (κ3) is 4.46. The van der Waals surface area contributed by atoms with Crippen LogP contribution in [0.15, 0.2) is 185 Å². The molecule has 9 aromatic carbocycles. The Hall–Kier alpha value is -8.02. The molecular formula is C57H35N3O2. The lowest BCUT2D eigenvalue weighted by Crippen LogP contribution is -2.14. The lowest BCUT2D eigenvalue weighted by atomic mass is 9.82. The van der Waals surface area contributed by atoms with Crippen molar-refractivity contribution in [2.45, 2.75) is 19.3 Å². The third-order valence-corrected chi connectivity index (χ3v) is 13.6. The zero-order valence-electron chi connectivity index (χ0n) is 33.9. The van der Waals surface area contributed by atoms with Crippen LogP contribution in [-0.4, -0.2) is 14.5 Å². The molecule has 0 fully saturated rings. The van der Waals surface area contributed by atoms with Gasteiger partial charge in [-0.1, -0.05) is 141 Å². The lowest BCUT2D eigenvalue weighted by Gasteiger charge is -2.21. The molecule has 0 bridgehead atoms. The molecule has 5 nitrogen and oxygen atoms in total. The fraction of sp³-hybridized carbons (Fsp3) is 0.0526. The fourth-order valence-electron chi connectivity index (χ4n) is 10.6. The maximum Gasteiger partial charge on any atom is 0.180 e. The second-order valence-electron chi connectivity index (χ2n) is 17.3. The first-order valence-electron chi connectivity index (χ1n) is 21.2. The van der Waals surface area contributed by atoms with Crippen LogP contribution in [0.4, 0.5) is 0 Å². The van der Waals surface area contributed by atoms with Crippen molar-refractivity contribution in [1.29, 1.82) is 0 Å². The van der Waals surface area contributed by atoms with Crippen molar-refractivity contribution in [2.24, 2.45) is 0 Å². The van der Waals surface area contributed by atoms with E-state index in [1.165, 1.54) is 43.9 Å². The summed E-state index contributed by atoms with van der Waals surface area (Å²) in [5.41, 5.74) is 15.1. The van der Waals surface area contributed by atoms with E-state index >= 15 is 0 Å². The van der Waals surface area contributed by atoms with Gasteiger partial charge < -0.3 is 13.4 Å². The highest BCUT2D eigenvalue weighted by atomic mass is 16.3. The number of hydrogen-bond donors (Lipinski definition) is 0. The van der Waals surface area contributed by atoms with Gasteiger partial charge in [0.05, 0.1) is 16.7 Å². The Morgan fingerprint density at radius 3 is 2.05 bits per heavy atom. The standard InChI is InChI=1S/C57H35N3O2/c1-57(2)45-22-10-7-17-36(45)41-29-42-37-18-8-11-23-47(37)60(49(42)31-46(41)57)48-24-13-21-39-43-30-44(35-16-5-6-19-38(35)53(43)62-54(39)48)56-58-51(34-27-26-32-14-3-4-15-33(32)28-34)55-52(59-56)40-20-9-12-25-50(40)61-55/h3-31H,1-2H3. The van der Waals surface area contributed by atoms with E-state index < -0.39 is 0 Å². The second kappa shape index (κ2) is 12.1.